The van der Waals surface area contributed by atoms with Gasteiger partial charge < -0.3 is 10.3 Å². The van der Waals surface area contributed by atoms with E-state index in [4.69, 9.17) is 0 Å². The van der Waals surface area contributed by atoms with E-state index in [0.717, 1.165) is 32.0 Å². The Morgan fingerprint density at radius 2 is 2.19 bits per heavy atom. The minimum Gasteiger partial charge on any atom is -0.354 e. The van der Waals surface area contributed by atoms with Gasteiger partial charge in [0.15, 0.2) is 0 Å². The number of pyridine rings is 1. The molecule has 0 spiro atoms. The Hall–Kier alpha value is -2.47. The van der Waals surface area contributed by atoms with Crippen LogP contribution in [0.1, 0.15) is 5.01 Å². The van der Waals surface area contributed by atoms with Crippen LogP contribution in [0.3, 0.4) is 0 Å². The van der Waals surface area contributed by atoms with Crippen LogP contribution >= 0.6 is 11.3 Å². The Morgan fingerprint density at radius 1 is 1.29 bits per heavy atom. The molecule has 4 aromatic rings. The summed E-state index contributed by atoms with van der Waals surface area (Å²) in [6.45, 7) is 1.99. The Balaban J connectivity index is 1.76. The van der Waals surface area contributed by atoms with E-state index in [1.165, 1.54) is 12.3 Å². The number of benzene rings is 1. The summed E-state index contributed by atoms with van der Waals surface area (Å²) in [5.74, 6) is -0.351. The highest BCUT2D eigenvalue weighted by Gasteiger charge is 2.07. The molecule has 0 bridgehead atoms. The largest absolute Gasteiger partial charge is 0.354 e. The molecule has 104 valence electrons. The molecule has 1 aromatic carbocycles. The maximum absolute atomic E-state index is 13.3. The van der Waals surface area contributed by atoms with Gasteiger partial charge in [0, 0.05) is 17.3 Å². The van der Waals surface area contributed by atoms with E-state index in [-0.39, 0.29) is 5.82 Å². The maximum atomic E-state index is 13.3. The molecular weight excluding hydrogens is 287 g/mol. The highest BCUT2D eigenvalue weighted by molar-refractivity contribution is 7.18. The van der Waals surface area contributed by atoms with Crippen molar-refractivity contribution in [3.8, 4) is 0 Å². The van der Waals surface area contributed by atoms with Crippen LogP contribution in [0.15, 0.2) is 36.7 Å². The second kappa shape index (κ2) is 4.53. The third-order valence-corrected chi connectivity index (χ3v) is 4.22. The van der Waals surface area contributed by atoms with Gasteiger partial charge in [0.2, 0.25) is 0 Å². The van der Waals surface area contributed by atoms with Crippen LogP contribution in [0.4, 0.5) is 15.8 Å². The molecule has 0 radical (unpaired) electrons. The Kier molecular flexibility index (Phi) is 2.65. The summed E-state index contributed by atoms with van der Waals surface area (Å²) in [5, 5.41) is 5.05. The molecule has 0 aliphatic heterocycles. The predicted octanol–water partition coefficient (Wildman–Crippen LogP) is 4.36. The first kappa shape index (κ1) is 12.3. The van der Waals surface area contributed by atoms with Crippen LogP contribution in [0.5, 0.6) is 0 Å². The smallest absolute Gasteiger partial charge is 0.142 e. The average Bonchev–Trinajstić information content (AvgIpc) is 3.01. The molecule has 2 N–H and O–H groups in total. The van der Waals surface area contributed by atoms with Gasteiger partial charge in [-0.2, -0.15) is 0 Å². The lowest BCUT2D eigenvalue weighted by atomic mass is 10.2. The Bertz CT molecular complexity index is 957. The molecular formula is C15H11FN4S. The van der Waals surface area contributed by atoms with Crippen LogP contribution in [-0.4, -0.2) is 15.0 Å². The quantitative estimate of drug-likeness (QED) is 0.578. The van der Waals surface area contributed by atoms with Crippen LogP contribution in [-0.2, 0) is 0 Å². The number of aromatic amines is 1. The number of aromatic nitrogens is 3. The van der Waals surface area contributed by atoms with Crippen LogP contribution in [0.2, 0.25) is 0 Å². The number of nitrogens with zero attached hydrogens (tertiary/aromatic N) is 2. The molecule has 0 aliphatic rings. The van der Waals surface area contributed by atoms with E-state index in [9.17, 15) is 4.39 Å². The van der Waals surface area contributed by atoms with Crippen molar-refractivity contribution in [3.63, 3.8) is 0 Å². The third kappa shape index (κ3) is 2.13. The predicted molar refractivity (Wildman–Crippen MR) is 83.7 cm³/mol. The topological polar surface area (TPSA) is 53.6 Å². The normalized spacial score (nSPS) is 11.3. The number of aryl methyl sites for hydroxylation is 1. The first-order valence-electron chi connectivity index (χ1n) is 6.46. The van der Waals surface area contributed by atoms with E-state index in [0.29, 0.717) is 5.65 Å². The van der Waals surface area contributed by atoms with Crippen molar-refractivity contribution in [1.82, 2.24) is 15.0 Å². The van der Waals surface area contributed by atoms with E-state index in [1.807, 2.05) is 25.1 Å². The fourth-order valence-electron chi connectivity index (χ4n) is 2.36. The van der Waals surface area contributed by atoms with E-state index >= 15 is 0 Å². The van der Waals surface area contributed by atoms with Gasteiger partial charge in [-0.25, -0.2) is 14.4 Å². The molecule has 0 atom stereocenters. The number of hydrogen-bond donors (Lipinski definition) is 2. The Labute approximate surface area is 123 Å². The van der Waals surface area contributed by atoms with Gasteiger partial charge in [0.25, 0.3) is 0 Å². The second-order valence-corrected chi connectivity index (χ2v) is 6.03. The van der Waals surface area contributed by atoms with E-state index in [2.05, 4.69) is 20.3 Å². The van der Waals surface area contributed by atoms with Crippen molar-refractivity contribution in [3.05, 3.63) is 47.5 Å². The molecule has 3 heterocycles. The minimum atomic E-state index is -0.351. The lowest BCUT2D eigenvalue weighted by Gasteiger charge is -2.04. The monoisotopic (exact) mass is 298 g/mol. The molecule has 4 nitrogen and oxygen atoms in total. The average molecular weight is 298 g/mol. The lowest BCUT2D eigenvalue weighted by Crippen LogP contribution is -1.89. The van der Waals surface area contributed by atoms with Crippen molar-refractivity contribution in [2.75, 3.05) is 5.32 Å². The van der Waals surface area contributed by atoms with Crippen molar-refractivity contribution in [2.24, 2.45) is 0 Å². The number of hydrogen-bond acceptors (Lipinski definition) is 4. The third-order valence-electron chi connectivity index (χ3n) is 3.27. The number of H-pyrrole nitrogens is 1. The van der Waals surface area contributed by atoms with Crippen molar-refractivity contribution in [1.29, 1.82) is 0 Å². The number of rotatable bonds is 2. The highest BCUT2D eigenvalue weighted by atomic mass is 32.1. The van der Waals surface area contributed by atoms with Gasteiger partial charge in [-0.3, -0.25) is 0 Å². The highest BCUT2D eigenvalue weighted by Crippen LogP contribution is 2.29. The SMILES string of the molecule is Cc1nc2cc(Nc3c[nH]c4ncc(F)cc34)ccc2s1. The zero-order chi connectivity index (χ0) is 14.4. The summed E-state index contributed by atoms with van der Waals surface area (Å²) in [4.78, 5) is 11.5. The standard InChI is InChI=1S/C15H11FN4S/c1-8-19-12-5-10(2-3-14(12)21-8)20-13-7-18-15-11(13)4-9(16)6-17-15/h2-7,20H,1H3,(H,17,18). The number of thiazole rings is 1. The first-order valence-corrected chi connectivity index (χ1v) is 7.27. The first-order chi connectivity index (χ1) is 10.2. The van der Waals surface area contributed by atoms with Gasteiger partial charge in [-0.1, -0.05) is 0 Å². The van der Waals surface area contributed by atoms with Crippen LogP contribution < -0.4 is 5.32 Å². The molecule has 0 saturated carbocycles. The van der Waals surface area contributed by atoms with Gasteiger partial charge in [-0.15, -0.1) is 11.3 Å². The summed E-state index contributed by atoms with van der Waals surface area (Å²) >= 11 is 1.67. The molecule has 0 fully saturated rings. The number of nitrogens with one attached hydrogen (secondary N) is 2. The molecule has 21 heavy (non-hydrogen) atoms. The van der Waals surface area contributed by atoms with E-state index < -0.39 is 0 Å². The lowest BCUT2D eigenvalue weighted by molar-refractivity contribution is 0.624. The van der Waals surface area contributed by atoms with Gasteiger partial charge in [0.05, 0.1) is 27.1 Å². The van der Waals surface area contributed by atoms with Gasteiger partial charge in [-0.05, 0) is 31.2 Å². The fourth-order valence-corrected chi connectivity index (χ4v) is 3.16. The number of halogens is 1. The van der Waals surface area contributed by atoms with Gasteiger partial charge in [0.1, 0.15) is 11.5 Å². The molecule has 6 heteroatoms. The number of anilines is 2. The second-order valence-electron chi connectivity index (χ2n) is 4.79. The zero-order valence-corrected chi connectivity index (χ0v) is 12.0. The minimum absolute atomic E-state index is 0.351. The maximum Gasteiger partial charge on any atom is 0.142 e. The fraction of sp³-hybridized carbons (Fsp3) is 0.0667. The molecule has 0 amide bonds. The molecule has 0 saturated heterocycles. The van der Waals surface area contributed by atoms with Crippen molar-refractivity contribution < 1.29 is 4.39 Å². The summed E-state index contributed by atoms with van der Waals surface area (Å²) in [7, 11) is 0. The zero-order valence-electron chi connectivity index (χ0n) is 11.1. The van der Waals surface area contributed by atoms with E-state index in [1.54, 1.807) is 17.5 Å². The molecule has 0 aliphatic carbocycles. The van der Waals surface area contributed by atoms with Crippen LogP contribution in [0, 0.1) is 12.7 Å². The van der Waals surface area contributed by atoms with Crippen LogP contribution in [0.25, 0.3) is 21.3 Å². The molecule has 3 aromatic heterocycles. The molecule has 4 rings (SSSR count). The summed E-state index contributed by atoms with van der Waals surface area (Å²) in [5.41, 5.74) is 3.33. The van der Waals surface area contributed by atoms with Crippen molar-refractivity contribution in [2.45, 2.75) is 6.92 Å². The van der Waals surface area contributed by atoms with Crippen molar-refractivity contribution >= 4 is 44.0 Å². The summed E-state index contributed by atoms with van der Waals surface area (Å²) < 4.78 is 14.5. The Morgan fingerprint density at radius 3 is 3.10 bits per heavy atom. The molecule has 0 unspecified atom stereocenters. The van der Waals surface area contributed by atoms with Gasteiger partial charge >= 0.3 is 0 Å². The summed E-state index contributed by atoms with van der Waals surface area (Å²) in [6.07, 6.45) is 2.99. The summed E-state index contributed by atoms with van der Waals surface area (Å²) in [6, 6.07) is 7.48. The number of fused-ring (bicyclic) bond motifs is 2.